The van der Waals surface area contributed by atoms with Crippen LogP contribution in [0.25, 0.3) is 0 Å². The summed E-state index contributed by atoms with van der Waals surface area (Å²) >= 11 is 5.21. The van der Waals surface area contributed by atoms with Gasteiger partial charge in [-0.1, -0.05) is 22.0 Å². The van der Waals surface area contributed by atoms with Crippen molar-refractivity contribution in [1.82, 2.24) is 5.32 Å². The van der Waals surface area contributed by atoms with Crippen LogP contribution in [0.4, 0.5) is 0 Å². The molecule has 0 aliphatic carbocycles. The largest absolute Gasteiger partial charge is 0.381 e. The summed E-state index contributed by atoms with van der Waals surface area (Å²) in [5.41, 5.74) is 0.692. The van der Waals surface area contributed by atoms with E-state index >= 15 is 0 Å². The van der Waals surface area contributed by atoms with Gasteiger partial charge in [-0.15, -0.1) is 0 Å². The molecule has 2 rings (SSSR count). The Labute approximate surface area is 126 Å². The number of thioether (sulfide) groups is 1. The van der Waals surface area contributed by atoms with Crippen LogP contribution in [0.3, 0.4) is 0 Å². The minimum atomic E-state index is -0.0128. The lowest BCUT2D eigenvalue weighted by Crippen LogP contribution is -2.44. The molecule has 1 aromatic carbocycles. The van der Waals surface area contributed by atoms with Gasteiger partial charge in [0.2, 0.25) is 0 Å². The molecule has 3 nitrogen and oxygen atoms in total. The molecule has 0 bridgehead atoms. The van der Waals surface area contributed by atoms with Gasteiger partial charge < -0.3 is 10.1 Å². The summed E-state index contributed by atoms with van der Waals surface area (Å²) < 4.78 is 6.45. The van der Waals surface area contributed by atoms with Crippen molar-refractivity contribution in [1.29, 1.82) is 0 Å². The molecular formula is C14H18BrNO2S. The van der Waals surface area contributed by atoms with E-state index in [1.165, 1.54) is 0 Å². The fourth-order valence-electron chi connectivity index (χ4n) is 2.17. The van der Waals surface area contributed by atoms with Gasteiger partial charge in [-0.25, -0.2) is 0 Å². The molecule has 0 spiro atoms. The summed E-state index contributed by atoms with van der Waals surface area (Å²) in [6, 6.07) is 7.46. The number of ether oxygens (including phenoxy) is 1. The van der Waals surface area contributed by atoms with Gasteiger partial charge in [0.05, 0.1) is 0 Å². The molecule has 1 amide bonds. The molecule has 1 N–H and O–H groups in total. The lowest BCUT2D eigenvalue weighted by atomic mass is 9.99. The normalized spacial score (nSPS) is 18.0. The molecule has 1 heterocycles. The first-order chi connectivity index (χ1) is 9.15. The van der Waals surface area contributed by atoms with Crippen molar-refractivity contribution in [3.63, 3.8) is 0 Å². The number of nitrogens with one attached hydrogen (secondary N) is 1. The van der Waals surface area contributed by atoms with E-state index in [0.29, 0.717) is 12.1 Å². The second kappa shape index (κ2) is 6.77. The standard InChI is InChI=1S/C14H18BrNO2S/c1-19-14(5-7-18-8-6-14)10-16-13(17)11-3-2-4-12(15)9-11/h2-4,9H,5-8,10H2,1H3,(H,16,17). The second-order valence-corrected chi connectivity index (χ2v) is 6.88. The molecule has 1 aromatic rings. The lowest BCUT2D eigenvalue weighted by Gasteiger charge is -2.35. The summed E-state index contributed by atoms with van der Waals surface area (Å²) in [4.78, 5) is 12.1. The number of benzene rings is 1. The first kappa shape index (κ1) is 14.9. The second-order valence-electron chi connectivity index (χ2n) is 4.69. The molecule has 5 heteroatoms. The van der Waals surface area contributed by atoms with Crippen LogP contribution >= 0.6 is 27.7 Å². The topological polar surface area (TPSA) is 38.3 Å². The first-order valence-corrected chi connectivity index (χ1v) is 8.34. The Kier molecular flexibility index (Phi) is 5.30. The molecule has 0 radical (unpaired) electrons. The Bertz CT molecular complexity index is 447. The van der Waals surface area contributed by atoms with E-state index < -0.39 is 0 Å². The molecule has 0 saturated carbocycles. The Morgan fingerprint density at radius 3 is 2.84 bits per heavy atom. The highest BCUT2D eigenvalue weighted by molar-refractivity contribution is 9.10. The molecule has 0 atom stereocenters. The molecule has 0 aromatic heterocycles. The minimum absolute atomic E-state index is 0.0128. The smallest absolute Gasteiger partial charge is 0.251 e. The van der Waals surface area contributed by atoms with Crippen LogP contribution < -0.4 is 5.32 Å². The van der Waals surface area contributed by atoms with Gasteiger partial charge in [0.15, 0.2) is 0 Å². The molecule has 1 aliphatic rings. The van der Waals surface area contributed by atoms with E-state index in [0.717, 1.165) is 30.5 Å². The van der Waals surface area contributed by atoms with Crippen molar-refractivity contribution in [2.24, 2.45) is 0 Å². The van der Waals surface area contributed by atoms with E-state index in [1.807, 2.05) is 36.0 Å². The van der Waals surface area contributed by atoms with E-state index in [4.69, 9.17) is 4.74 Å². The monoisotopic (exact) mass is 343 g/mol. The SMILES string of the molecule is CSC1(CNC(=O)c2cccc(Br)c2)CCOCC1. The molecule has 104 valence electrons. The summed E-state index contributed by atoms with van der Waals surface area (Å²) in [7, 11) is 0. The van der Waals surface area contributed by atoms with Crippen molar-refractivity contribution in [2.75, 3.05) is 26.0 Å². The molecule has 1 fully saturated rings. The van der Waals surface area contributed by atoms with Gasteiger partial charge in [0.25, 0.3) is 5.91 Å². The number of rotatable bonds is 4. The summed E-state index contributed by atoms with van der Waals surface area (Å²) in [6.07, 6.45) is 4.09. The quantitative estimate of drug-likeness (QED) is 0.912. The van der Waals surface area contributed by atoms with Gasteiger partial charge in [-0.05, 0) is 37.3 Å². The summed E-state index contributed by atoms with van der Waals surface area (Å²) in [5.74, 6) is -0.0128. The predicted molar refractivity (Wildman–Crippen MR) is 82.8 cm³/mol. The molecule has 1 aliphatic heterocycles. The van der Waals surface area contributed by atoms with Crippen LogP contribution in [-0.4, -0.2) is 36.7 Å². The zero-order valence-corrected chi connectivity index (χ0v) is 13.4. The number of hydrogen-bond acceptors (Lipinski definition) is 3. The highest BCUT2D eigenvalue weighted by Gasteiger charge is 2.32. The van der Waals surface area contributed by atoms with Crippen molar-refractivity contribution >= 4 is 33.6 Å². The van der Waals surface area contributed by atoms with Gasteiger partial charge >= 0.3 is 0 Å². The van der Waals surface area contributed by atoms with Gasteiger partial charge in [0.1, 0.15) is 0 Å². The first-order valence-electron chi connectivity index (χ1n) is 6.32. The lowest BCUT2D eigenvalue weighted by molar-refractivity contribution is 0.0742. The molecule has 0 unspecified atom stereocenters. The van der Waals surface area contributed by atoms with Gasteiger partial charge in [-0.3, -0.25) is 4.79 Å². The van der Waals surface area contributed by atoms with Crippen LogP contribution in [0, 0.1) is 0 Å². The Morgan fingerprint density at radius 1 is 1.47 bits per heavy atom. The number of amides is 1. The van der Waals surface area contributed by atoms with Crippen molar-refractivity contribution in [3.05, 3.63) is 34.3 Å². The molecule has 1 saturated heterocycles. The Hall–Kier alpha value is -0.520. The maximum absolute atomic E-state index is 12.1. The number of carbonyl (C=O) groups is 1. The highest BCUT2D eigenvalue weighted by Crippen LogP contribution is 2.33. The van der Waals surface area contributed by atoms with Crippen LogP contribution in [0.15, 0.2) is 28.7 Å². The summed E-state index contributed by atoms with van der Waals surface area (Å²) in [5, 5.41) is 3.05. The zero-order valence-electron chi connectivity index (χ0n) is 10.9. The minimum Gasteiger partial charge on any atom is -0.381 e. The highest BCUT2D eigenvalue weighted by atomic mass is 79.9. The van der Waals surface area contributed by atoms with Gasteiger partial charge in [-0.2, -0.15) is 11.8 Å². The van der Waals surface area contributed by atoms with Crippen LogP contribution in [0.2, 0.25) is 0 Å². The maximum atomic E-state index is 12.1. The fraction of sp³-hybridized carbons (Fsp3) is 0.500. The Balaban J connectivity index is 1.95. The predicted octanol–water partition coefficient (Wildman–Crippen LogP) is 3.09. The van der Waals surface area contributed by atoms with Crippen molar-refractivity contribution < 1.29 is 9.53 Å². The Morgan fingerprint density at radius 2 is 2.21 bits per heavy atom. The average molecular weight is 344 g/mol. The third-order valence-corrected chi connectivity index (χ3v) is 5.41. The van der Waals surface area contributed by atoms with Gasteiger partial charge in [0, 0.05) is 34.5 Å². The van der Waals surface area contributed by atoms with E-state index in [9.17, 15) is 4.79 Å². The van der Waals surface area contributed by atoms with Crippen LogP contribution in [-0.2, 0) is 4.74 Å². The van der Waals surface area contributed by atoms with Crippen LogP contribution in [0.5, 0.6) is 0 Å². The number of hydrogen-bond donors (Lipinski definition) is 1. The third kappa shape index (κ3) is 3.97. The zero-order chi connectivity index (χ0) is 13.7. The average Bonchev–Trinajstić information content (AvgIpc) is 2.46. The molecule has 19 heavy (non-hydrogen) atoms. The number of halogens is 1. The van der Waals surface area contributed by atoms with E-state index in [-0.39, 0.29) is 10.7 Å². The van der Waals surface area contributed by atoms with Crippen molar-refractivity contribution in [2.45, 2.75) is 17.6 Å². The summed E-state index contributed by atoms with van der Waals surface area (Å²) in [6.45, 7) is 2.27. The maximum Gasteiger partial charge on any atom is 0.251 e. The van der Waals surface area contributed by atoms with Crippen LogP contribution in [0.1, 0.15) is 23.2 Å². The molecular weight excluding hydrogens is 326 g/mol. The van der Waals surface area contributed by atoms with E-state index in [2.05, 4.69) is 27.5 Å². The van der Waals surface area contributed by atoms with E-state index in [1.54, 1.807) is 0 Å². The fourth-order valence-corrected chi connectivity index (χ4v) is 3.36. The third-order valence-electron chi connectivity index (χ3n) is 3.49. The van der Waals surface area contributed by atoms with Crippen molar-refractivity contribution in [3.8, 4) is 0 Å². The number of carbonyl (C=O) groups excluding carboxylic acids is 1.